The van der Waals surface area contributed by atoms with Crippen molar-refractivity contribution in [2.75, 3.05) is 45.2 Å². The normalized spacial score (nSPS) is 15.3. The Morgan fingerprint density at radius 1 is 1.50 bits per heavy atom. The predicted molar refractivity (Wildman–Crippen MR) is 66.5 cm³/mol. The molecule has 0 unspecified atom stereocenters. The van der Waals surface area contributed by atoms with Gasteiger partial charge in [-0.25, -0.2) is 0 Å². The van der Waals surface area contributed by atoms with E-state index in [1.807, 2.05) is 4.90 Å². The molecule has 0 saturated carbocycles. The molecule has 18 heavy (non-hydrogen) atoms. The Kier molecular flexibility index (Phi) is 4.30. The van der Waals surface area contributed by atoms with Gasteiger partial charge in [0.1, 0.15) is 5.82 Å². The van der Waals surface area contributed by atoms with Gasteiger partial charge in [0.2, 0.25) is 11.8 Å². The van der Waals surface area contributed by atoms with E-state index >= 15 is 0 Å². The minimum absolute atomic E-state index is 0.0705. The first kappa shape index (κ1) is 12.6. The number of carbonyl (C=O) groups is 1. The van der Waals surface area contributed by atoms with Crippen molar-refractivity contribution in [3.63, 3.8) is 0 Å². The average Bonchev–Trinajstić information content (AvgIpc) is 2.46. The van der Waals surface area contributed by atoms with Gasteiger partial charge in [-0.3, -0.25) is 9.78 Å². The average molecular weight is 251 g/mol. The molecule has 0 bridgehead atoms. The van der Waals surface area contributed by atoms with Crippen molar-refractivity contribution in [3.8, 4) is 5.88 Å². The summed E-state index contributed by atoms with van der Waals surface area (Å²) in [5, 5.41) is 6.16. The number of aromatic nitrogens is 2. The first-order valence-corrected chi connectivity index (χ1v) is 5.88. The third kappa shape index (κ3) is 3.30. The van der Waals surface area contributed by atoms with Crippen molar-refractivity contribution in [2.24, 2.45) is 0 Å². The van der Waals surface area contributed by atoms with E-state index in [1.165, 1.54) is 13.3 Å². The maximum atomic E-state index is 11.9. The number of amides is 1. The number of rotatable bonds is 4. The number of hydrogen-bond donors (Lipinski definition) is 2. The van der Waals surface area contributed by atoms with Crippen LogP contribution in [0.2, 0.25) is 0 Å². The van der Waals surface area contributed by atoms with Gasteiger partial charge in [-0.2, -0.15) is 4.98 Å². The van der Waals surface area contributed by atoms with Gasteiger partial charge in [0, 0.05) is 26.2 Å². The zero-order valence-electron chi connectivity index (χ0n) is 10.3. The van der Waals surface area contributed by atoms with Crippen molar-refractivity contribution in [1.29, 1.82) is 0 Å². The van der Waals surface area contributed by atoms with Crippen molar-refractivity contribution >= 4 is 11.7 Å². The molecule has 2 heterocycles. The largest absolute Gasteiger partial charge is 0.480 e. The summed E-state index contributed by atoms with van der Waals surface area (Å²) in [6, 6.07) is 0. The smallest absolute Gasteiger partial charge is 0.242 e. The molecule has 0 spiro atoms. The summed E-state index contributed by atoms with van der Waals surface area (Å²) in [5.41, 5.74) is 0. The third-order valence-electron chi connectivity index (χ3n) is 2.71. The van der Waals surface area contributed by atoms with Crippen LogP contribution >= 0.6 is 0 Å². The Morgan fingerprint density at radius 2 is 2.28 bits per heavy atom. The van der Waals surface area contributed by atoms with Crippen LogP contribution in [0.5, 0.6) is 5.88 Å². The SMILES string of the molecule is COc1cncc(NCC(=O)N2CCNCC2)n1. The zero-order chi connectivity index (χ0) is 12.8. The van der Waals surface area contributed by atoms with Crippen molar-refractivity contribution in [3.05, 3.63) is 12.4 Å². The maximum absolute atomic E-state index is 11.9. The molecular weight excluding hydrogens is 234 g/mol. The van der Waals surface area contributed by atoms with E-state index in [0.29, 0.717) is 11.7 Å². The molecular formula is C11H17N5O2. The van der Waals surface area contributed by atoms with E-state index in [4.69, 9.17) is 4.74 Å². The Bertz CT molecular complexity index is 406. The lowest BCUT2D eigenvalue weighted by molar-refractivity contribution is -0.129. The summed E-state index contributed by atoms with van der Waals surface area (Å²) < 4.78 is 4.96. The number of piperazine rings is 1. The lowest BCUT2D eigenvalue weighted by Gasteiger charge is -2.27. The van der Waals surface area contributed by atoms with Crippen molar-refractivity contribution in [1.82, 2.24) is 20.2 Å². The fourth-order valence-corrected chi connectivity index (χ4v) is 1.72. The fraction of sp³-hybridized carbons (Fsp3) is 0.545. The van der Waals surface area contributed by atoms with Crippen LogP contribution in [0, 0.1) is 0 Å². The molecule has 1 saturated heterocycles. The summed E-state index contributed by atoms with van der Waals surface area (Å²) in [4.78, 5) is 21.8. The number of methoxy groups -OCH3 is 1. The highest BCUT2D eigenvalue weighted by Gasteiger charge is 2.15. The number of nitrogens with zero attached hydrogens (tertiary/aromatic N) is 3. The first-order chi connectivity index (χ1) is 8.79. The minimum Gasteiger partial charge on any atom is -0.480 e. The predicted octanol–water partition coefficient (Wildman–Crippen LogP) is -0.671. The van der Waals surface area contributed by atoms with Crippen LogP contribution in [0.1, 0.15) is 0 Å². The molecule has 1 aromatic heterocycles. The van der Waals surface area contributed by atoms with E-state index in [-0.39, 0.29) is 12.5 Å². The molecule has 1 fully saturated rings. The van der Waals surface area contributed by atoms with Crippen LogP contribution in [-0.2, 0) is 4.79 Å². The summed E-state index contributed by atoms with van der Waals surface area (Å²) >= 11 is 0. The maximum Gasteiger partial charge on any atom is 0.242 e. The number of hydrogen-bond acceptors (Lipinski definition) is 6. The Balaban J connectivity index is 1.84. The van der Waals surface area contributed by atoms with Gasteiger partial charge in [0.05, 0.1) is 26.0 Å². The van der Waals surface area contributed by atoms with Crippen molar-refractivity contribution in [2.45, 2.75) is 0 Å². The van der Waals surface area contributed by atoms with E-state index in [2.05, 4.69) is 20.6 Å². The van der Waals surface area contributed by atoms with Gasteiger partial charge in [0.15, 0.2) is 0 Å². The Morgan fingerprint density at radius 3 is 3.00 bits per heavy atom. The second-order valence-corrected chi connectivity index (χ2v) is 3.93. The minimum atomic E-state index is 0.0705. The van der Waals surface area contributed by atoms with E-state index in [1.54, 1.807) is 6.20 Å². The van der Waals surface area contributed by atoms with Crippen molar-refractivity contribution < 1.29 is 9.53 Å². The second kappa shape index (κ2) is 6.15. The zero-order valence-corrected chi connectivity index (χ0v) is 10.3. The monoisotopic (exact) mass is 251 g/mol. The molecule has 7 nitrogen and oxygen atoms in total. The molecule has 7 heteroatoms. The van der Waals surface area contributed by atoms with Gasteiger partial charge < -0.3 is 20.3 Å². The van der Waals surface area contributed by atoms with Crippen LogP contribution in [0.25, 0.3) is 0 Å². The molecule has 0 aromatic carbocycles. The quantitative estimate of drug-likeness (QED) is 0.739. The number of nitrogens with one attached hydrogen (secondary N) is 2. The topological polar surface area (TPSA) is 79.4 Å². The molecule has 2 rings (SSSR count). The van der Waals surface area contributed by atoms with Crippen LogP contribution in [0.15, 0.2) is 12.4 Å². The van der Waals surface area contributed by atoms with Crippen LogP contribution in [0.3, 0.4) is 0 Å². The molecule has 1 aliphatic heterocycles. The third-order valence-corrected chi connectivity index (χ3v) is 2.71. The fourth-order valence-electron chi connectivity index (χ4n) is 1.72. The molecule has 1 aliphatic rings. The van der Waals surface area contributed by atoms with E-state index < -0.39 is 0 Å². The van der Waals surface area contributed by atoms with E-state index in [9.17, 15) is 4.79 Å². The molecule has 0 aliphatic carbocycles. The molecule has 1 aromatic rings. The van der Waals surface area contributed by atoms with Crippen LogP contribution < -0.4 is 15.4 Å². The summed E-state index contributed by atoms with van der Waals surface area (Å²) in [7, 11) is 1.53. The highest BCUT2D eigenvalue weighted by Crippen LogP contribution is 2.07. The number of carbonyl (C=O) groups excluding carboxylic acids is 1. The highest BCUT2D eigenvalue weighted by molar-refractivity contribution is 5.80. The van der Waals surface area contributed by atoms with E-state index in [0.717, 1.165) is 26.2 Å². The standard InChI is InChI=1S/C11H17N5O2/c1-18-10-7-13-6-9(15-10)14-8-11(17)16-4-2-12-3-5-16/h6-7,12H,2-5,8H2,1H3,(H,14,15). The lowest BCUT2D eigenvalue weighted by atomic mass is 10.3. The lowest BCUT2D eigenvalue weighted by Crippen LogP contribution is -2.48. The van der Waals surface area contributed by atoms with Crippen LogP contribution in [0.4, 0.5) is 5.82 Å². The number of anilines is 1. The Hall–Kier alpha value is -1.89. The number of ether oxygens (including phenoxy) is 1. The van der Waals surface area contributed by atoms with Gasteiger partial charge in [0.25, 0.3) is 0 Å². The molecule has 98 valence electrons. The van der Waals surface area contributed by atoms with Gasteiger partial charge in [-0.05, 0) is 0 Å². The molecule has 0 radical (unpaired) electrons. The van der Waals surface area contributed by atoms with Gasteiger partial charge in [-0.1, -0.05) is 0 Å². The van der Waals surface area contributed by atoms with Gasteiger partial charge in [-0.15, -0.1) is 0 Å². The Labute approximate surface area is 106 Å². The first-order valence-electron chi connectivity index (χ1n) is 5.88. The summed E-state index contributed by atoms with van der Waals surface area (Å²) in [6.45, 7) is 3.44. The second-order valence-electron chi connectivity index (χ2n) is 3.93. The highest BCUT2D eigenvalue weighted by atomic mass is 16.5. The molecule has 2 N–H and O–H groups in total. The van der Waals surface area contributed by atoms with Crippen LogP contribution in [-0.4, -0.2) is 60.6 Å². The summed E-state index contributed by atoms with van der Waals surface area (Å²) in [6.07, 6.45) is 3.08. The molecule has 1 amide bonds. The van der Waals surface area contributed by atoms with Gasteiger partial charge >= 0.3 is 0 Å². The summed E-state index contributed by atoms with van der Waals surface area (Å²) in [5.74, 6) is 1.04. The molecule has 0 atom stereocenters.